The van der Waals surface area contributed by atoms with Gasteiger partial charge in [-0.15, -0.1) is 0 Å². The fourth-order valence-electron chi connectivity index (χ4n) is 2.42. The summed E-state index contributed by atoms with van der Waals surface area (Å²) in [5.41, 5.74) is 3.53. The Balaban J connectivity index is 1.59. The molecule has 0 radical (unpaired) electrons. The molecule has 1 amide bonds. The molecule has 21 heavy (non-hydrogen) atoms. The van der Waals surface area contributed by atoms with Gasteiger partial charge in [-0.05, 0) is 35.1 Å². The van der Waals surface area contributed by atoms with E-state index in [2.05, 4.69) is 5.32 Å². The maximum absolute atomic E-state index is 12.0. The first-order valence-electron chi connectivity index (χ1n) is 6.98. The lowest BCUT2D eigenvalue weighted by Crippen LogP contribution is -2.28. The highest BCUT2D eigenvalue weighted by molar-refractivity contribution is 6.61. The molecular formula is C16H16BNO3. The third-order valence-corrected chi connectivity index (χ3v) is 3.58. The highest BCUT2D eigenvalue weighted by Gasteiger charge is 2.27. The quantitative estimate of drug-likeness (QED) is 0.834. The first-order valence-corrected chi connectivity index (χ1v) is 6.98. The Hall–Kier alpha value is -2.11. The normalized spacial score (nSPS) is 13.1. The number of carbonyl (C=O) groups excluding carboxylic acids is 1. The lowest BCUT2D eigenvalue weighted by Gasteiger charge is -2.07. The van der Waals surface area contributed by atoms with Crippen molar-refractivity contribution >= 4 is 24.2 Å². The van der Waals surface area contributed by atoms with Crippen LogP contribution in [0.5, 0.6) is 0 Å². The smallest absolute Gasteiger partial charge is 0.423 e. The highest BCUT2D eigenvalue weighted by Crippen LogP contribution is 2.15. The van der Waals surface area contributed by atoms with Crippen LogP contribution in [0.4, 0.5) is 5.69 Å². The van der Waals surface area contributed by atoms with E-state index in [1.807, 2.05) is 42.5 Å². The van der Waals surface area contributed by atoms with E-state index in [0.717, 1.165) is 16.6 Å². The van der Waals surface area contributed by atoms with Crippen molar-refractivity contribution < 1.29 is 14.5 Å². The molecule has 0 atom stereocenters. The summed E-state index contributed by atoms with van der Waals surface area (Å²) in [6.07, 6.45) is 1.14. The van der Waals surface area contributed by atoms with Gasteiger partial charge < -0.3 is 15.0 Å². The zero-order valence-corrected chi connectivity index (χ0v) is 11.6. The summed E-state index contributed by atoms with van der Waals surface area (Å²) < 4.78 is 5.13. The molecule has 1 heterocycles. The molecule has 0 bridgehead atoms. The van der Waals surface area contributed by atoms with Gasteiger partial charge in [-0.1, -0.05) is 36.4 Å². The van der Waals surface area contributed by atoms with E-state index in [0.29, 0.717) is 25.1 Å². The summed E-state index contributed by atoms with van der Waals surface area (Å²) >= 11 is 0. The van der Waals surface area contributed by atoms with Crippen molar-refractivity contribution in [3.8, 4) is 0 Å². The Kier molecular flexibility index (Phi) is 4.04. The number of fused-ring (bicyclic) bond motifs is 1. The second-order valence-electron chi connectivity index (χ2n) is 5.11. The van der Waals surface area contributed by atoms with Gasteiger partial charge in [0.05, 0.1) is 6.61 Å². The topological polar surface area (TPSA) is 58.6 Å². The number of hydrogen-bond donors (Lipinski definition) is 2. The maximum Gasteiger partial charge on any atom is 0.491 e. The van der Waals surface area contributed by atoms with Crippen LogP contribution < -0.4 is 10.8 Å². The van der Waals surface area contributed by atoms with Crippen molar-refractivity contribution in [3.05, 3.63) is 59.7 Å². The first-order chi connectivity index (χ1) is 10.2. The summed E-state index contributed by atoms with van der Waals surface area (Å²) in [7, 11) is -0.888. The maximum atomic E-state index is 12.0. The van der Waals surface area contributed by atoms with Crippen molar-refractivity contribution in [2.75, 3.05) is 5.32 Å². The van der Waals surface area contributed by atoms with E-state index in [1.165, 1.54) is 0 Å². The van der Waals surface area contributed by atoms with Crippen molar-refractivity contribution in [2.45, 2.75) is 19.4 Å². The molecule has 5 heteroatoms. The molecule has 2 aromatic rings. The van der Waals surface area contributed by atoms with E-state index >= 15 is 0 Å². The lowest BCUT2D eigenvalue weighted by molar-refractivity contribution is -0.116. The molecule has 3 rings (SSSR count). The molecule has 2 N–H and O–H groups in total. The summed E-state index contributed by atoms with van der Waals surface area (Å²) in [5.74, 6) is -0.0350. The van der Waals surface area contributed by atoms with Crippen LogP contribution in [0, 0.1) is 0 Å². The number of carbonyl (C=O) groups is 1. The van der Waals surface area contributed by atoms with Crippen molar-refractivity contribution in [1.82, 2.24) is 0 Å². The number of hydrogen-bond acceptors (Lipinski definition) is 3. The van der Waals surface area contributed by atoms with Crippen LogP contribution in [-0.2, 0) is 22.5 Å². The minimum Gasteiger partial charge on any atom is -0.423 e. The molecule has 0 saturated carbocycles. The SMILES string of the molecule is O=C(CCc1ccccc1)Nc1ccc2c(c1)B(O)OC2. The molecule has 0 spiro atoms. The first kappa shape index (κ1) is 13.9. The Morgan fingerprint density at radius 2 is 2.05 bits per heavy atom. The fraction of sp³-hybridized carbons (Fsp3) is 0.188. The predicted octanol–water partition coefficient (Wildman–Crippen LogP) is 1.48. The molecule has 106 valence electrons. The molecule has 1 aliphatic heterocycles. The largest absolute Gasteiger partial charge is 0.491 e. The standard InChI is InChI=1S/C16H16BNO3/c19-16(9-6-12-4-2-1-3-5-12)18-14-8-7-13-11-21-17(20)15(13)10-14/h1-5,7-8,10,20H,6,9,11H2,(H,18,19). The Morgan fingerprint density at radius 1 is 1.24 bits per heavy atom. The zero-order chi connectivity index (χ0) is 14.7. The van der Waals surface area contributed by atoms with E-state index in [9.17, 15) is 9.82 Å². The molecule has 0 fully saturated rings. The molecule has 0 aromatic heterocycles. The average molecular weight is 281 g/mol. The number of nitrogens with one attached hydrogen (secondary N) is 1. The minimum atomic E-state index is -0.888. The van der Waals surface area contributed by atoms with Gasteiger partial charge >= 0.3 is 7.12 Å². The predicted molar refractivity (Wildman–Crippen MR) is 82.2 cm³/mol. The third-order valence-electron chi connectivity index (χ3n) is 3.58. The summed E-state index contributed by atoms with van der Waals surface area (Å²) in [6.45, 7) is 0.415. The van der Waals surface area contributed by atoms with Crippen LogP contribution in [0.3, 0.4) is 0 Å². The Morgan fingerprint density at radius 3 is 2.86 bits per heavy atom. The summed E-state index contributed by atoms with van der Waals surface area (Å²) in [6, 6.07) is 15.4. The fourth-order valence-corrected chi connectivity index (χ4v) is 2.42. The van der Waals surface area contributed by atoms with Crippen LogP contribution in [0.25, 0.3) is 0 Å². The van der Waals surface area contributed by atoms with Gasteiger partial charge in [-0.3, -0.25) is 4.79 Å². The Labute approximate surface area is 123 Å². The zero-order valence-electron chi connectivity index (χ0n) is 11.6. The van der Waals surface area contributed by atoms with Gasteiger partial charge in [0.2, 0.25) is 5.91 Å². The number of amides is 1. The van der Waals surface area contributed by atoms with E-state index < -0.39 is 7.12 Å². The second kappa shape index (κ2) is 6.12. The summed E-state index contributed by atoms with van der Waals surface area (Å²) in [5, 5.41) is 12.5. The van der Waals surface area contributed by atoms with Crippen LogP contribution >= 0.6 is 0 Å². The number of benzene rings is 2. The van der Waals surface area contributed by atoms with Crippen LogP contribution in [-0.4, -0.2) is 18.0 Å². The molecule has 0 unspecified atom stereocenters. The van der Waals surface area contributed by atoms with Crippen molar-refractivity contribution in [3.63, 3.8) is 0 Å². The highest BCUT2D eigenvalue weighted by atomic mass is 16.5. The average Bonchev–Trinajstić information content (AvgIpc) is 2.87. The molecule has 2 aromatic carbocycles. The molecular weight excluding hydrogens is 265 g/mol. The second-order valence-corrected chi connectivity index (χ2v) is 5.11. The number of aryl methyl sites for hydroxylation is 1. The summed E-state index contributed by atoms with van der Waals surface area (Å²) in [4.78, 5) is 12.0. The Bertz CT molecular complexity index is 645. The monoisotopic (exact) mass is 281 g/mol. The molecule has 0 saturated heterocycles. The van der Waals surface area contributed by atoms with E-state index in [-0.39, 0.29) is 5.91 Å². The molecule has 0 aliphatic carbocycles. The van der Waals surface area contributed by atoms with Gasteiger partial charge in [0.15, 0.2) is 0 Å². The van der Waals surface area contributed by atoms with Gasteiger partial charge in [0.25, 0.3) is 0 Å². The molecule has 1 aliphatic rings. The van der Waals surface area contributed by atoms with Crippen molar-refractivity contribution in [1.29, 1.82) is 0 Å². The van der Waals surface area contributed by atoms with Gasteiger partial charge in [-0.2, -0.15) is 0 Å². The van der Waals surface area contributed by atoms with E-state index in [1.54, 1.807) is 6.07 Å². The number of rotatable bonds is 4. The van der Waals surface area contributed by atoms with Gasteiger partial charge in [0.1, 0.15) is 0 Å². The third kappa shape index (κ3) is 3.32. The van der Waals surface area contributed by atoms with Gasteiger partial charge in [-0.25, -0.2) is 0 Å². The van der Waals surface area contributed by atoms with Gasteiger partial charge in [0, 0.05) is 12.1 Å². The minimum absolute atomic E-state index is 0.0350. The van der Waals surface area contributed by atoms with E-state index in [4.69, 9.17) is 4.65 Å². The number of anilines is 1. The van der Waals surface area contributed by atoms with Crippen LogP contribution in [0.15, 0.2) is 48.5 Å². The van der Waals surface area contributed by atoms with Crippen molar-refractivity contribution in [2.24, 2.45) is 0 Å². The van der Waals surface area contributed by atoms with Crippen LogP contribution in [0.1, 0.15) is 17.5 Å². The molecule has 4 nitrogen and oxygen atoms in total. The van der Waals surface area contributed by atoms with Crippen LogP contribution in [0.2, 0.25) is 0 Å². The lowest BCUT2D eigenvalue weighted by atomic mass is 9.79.